The molecule has 0 saturated carbocycles. The maximum atomic E-state index is 14.7. The molecule has 1 saturated heterocycles. The molecule has 1 aliphatic heterocycles. The molecule has 1 heterocycles. The molecule has 2 amide bonds. The molecule has 30 heavy (non-hydrogen) atoms. The Morgan fingerprint density at radius 3 is 2.40 bits per heavy atom. The van der Waals surface area contributed by atoms with Crippen molar-refractivity contribution in [3.63, 3.8) is 0 Å². The summed E-state index contributed by atoms with van der Waals surface area (Å²) in [6, 6.07) is 9.32. The van der Waals surface area contributed by atoms with Crippen LogP contribution in [0.1, 0.15) is 22.8 Å². The number of urea groups is 1. The summed E-state index contributed by atoms with van der Waals surface area (Å²) in [6.07, 6.45) is 0. The maximum Gasteiger partial charge on any atom is 0.337 e. The number of benzene rings is 2. The average molecular weight is 417 g/mol. The van der Waals surface area contributed by atoms with Crippen LogP contribution in [-0.2, 0) is 11.3 Å². The minimum atomic E-state index is -0.646. The smallest absolute Gasteiger partial charge is 0.337 e. The number of anilines is 1. The largest absolute Gasteiger partial charge is 0.465 e. The van der Waals surface area contributed by atoms with E-state index in [9.17, 15) is 18.4 Å². The van der Waals surface area contributed by atoms with Gasteiger partial charge >= 0.3 is 12.0 Å². The first kappa shape index (κ1) is 21.7. The number of amides is 2. The third kappa shape index (κ3) is 4.94. The third-order valence-corrected chi connectivity index (χ3v) is 5.24. The minimum absolute atomic E-state index is 0.0815. The number of hydrogen-bond acceptors (Lipinski definition) is 4. The van der Waals surface area contributed by atoms with Crippen molar-refractivity contribution in [3.05, 3.63) is 65.2 Å². The van der Waals surface area contributed by atoms with Crippen LogP contribution in [0.15, 0.2) is 42.5 Å². The second-order valence-electron chi connectivity index (χ2n) is 7.07. The van der Waals surface area contributed by atoms with E-state index in [1.807, 2.05) is 0 Å². The second-order valence-corrected chi connectivity index (χ2v) is 7.07. The highest BCUT2D eigenvalue weighted by atomic mass is 19.1. The molecule has 0 spiro atoms. The SMILES string of the molecule is CCN1CCN(C(=O)N(Cc2ccc(C(=O)OC)cc2F)c2cccc(F)c2)CC1. The van der Waals surface area contributed by atoms with Crippen LogP contribution < -0.4 is 4.90 Å². The molecule has 8 heteroatoms. The van der Waals surface area contributed by atoms with Gasteiger partial charge in [0.15, 0.2) is 0 Å². The number of ether oxygens (including phenoxy) is 1. The number of methoxy groups -OCH3 is 1. The fourth-order valence-corrected chi connectivity index (χ4v) is 3.43. The summed E-state index contributed by atoms with van der Waals surface area (Å²) >= 11 is 0. The highest BCUT2D eigenvalue weighted by Gasteiger charge is 2.27. The minimum Gasteiger partial charge on any atom is -0.465 e. The maximum absolute atomic E-state index is 14.7. The van der Waals surface area contributed by atoms with Gasteiger partial charge in [-0.2, -0.15) is 0 Å². The molecule has 3 rings (SSSR count). The molecule has 1 fully saturated rings. The molecular weight excluding hydrogens is 392 g/mol. The average Bonchev–Trinajstić information content (AvgIpc) is 2.77. The summed E-state index contributed by atoms with van der Waals surface area (Å²) < 4.78 is 33.1. The van der Waals surface area contributed by atoms with E-state index in [0.717, 1.165) is 25.7 Å². The van der Waals surface area contributed by atoms with Crippen molar-refractivity contribution in [2.75, 3.05) is 44.7 Å². The molecule has 0 atom stereocenters. The molecule has 0 radical (unpaired) electrons. The number of rotatable bonds is 5. The first-order valence-electron chi connectivity index (χ1n) is 9.84. The predicted octanol–water partition coefficient (Wildman–Crippen LogP) is 3.52. The molecule has 0 aliphatic carbocycles. The summed E-state index contributed by atoms with van der Waals surface area (Å²) in [5, 5.41) is 0. The molecule has 6 nitrogen and oxygen atoms in total. The Bertz CT molecular complexity index is 914. The van der Waals surface area contributed by atoms with Crippen LogP contribution in [-0.4, -0.2) is 61.6 Å². The normalized spacial score (nSPS) is 14.5. The number of carbonyl (C=O) groups excluding carboxylic acids is 2. The van der Waals surface area contributed by atoms with Crippen LogP contribution in [0.3, 0.4) is 0 Å². The lowest BCUT2D eigenvalue weighted by Gasteiger charge is -2.37. The first-order valence-corrected chi connectivity index (χ1v) is 9.84. The number of halogens is 2. The quantitative estimate of drug-likeness (QED) is 0.699. The Balaban J connectivity index is 1.87. The van der Waals surface area contributed by atoms with Crippen molar-refractivity contribution in [1.29, 1.82) is 0 Å². The lowest BCUT2D eigenvalue weighted by Crippen LogP contribution is -2.52. The Labute approximate surface area is 174 Å². The molecule has 0 N–H and O–H groups in total. The Kier molecular flexibility index (Phi) is 6.99. The lowest BCUT2D eigenvalue weighted by atomic mass is 10.1. The van der Waals surface area contributed by atoms with E-state index >= 15 is 0 Å². The highest BCUT2D eigenvalue weighted by molar-refractivity contribution is 5.92. The van der Waals surface area contributed by atoms with Gasteiger partial charge in [-0.3, -0.25) is 4.90 Å². The van der Waals surface area contributed by atoms with E-state index in [1.165, 1.54) is 42.3 Å². The summed E-state index contributed by atoms with van der Waals surface area (Å²) in [6.45, 7) is 5.47. The van der Waals surface area contributed by atoms with Gasteiger partial charge in [0.2, 0.25) is 0 Å². The Hall–Kier alpha value is -3.00. The van der Waals surface area contributed by atoms with E-state index in [1.54, 1.807) is 11.0 Å². The van der Waals surface area contributed by atoms with Gasteiger partial charge in [-0.15, -0.1) is 0 Å². The number of esters is 1. The van der Waals surface area contributed by atoms with Crippen molar-refractivity contribution in [2.45, 2.75) is 13.5 Å². The lowest BCUT2D eigenvalue weighted by molar-refractivity contribution is 0.0600. The summed E-state index contributed by atoms with van der Waals surface area (Å²) in [5.41, 5.74) is 0.639. The van der Waals surface area contributed by atoms with Gasteiger partial charge < -0.3 is 14.5 Å². The number of hydrogen-bond donors (Lipinski definition) is 0. The van der Waals surface area contributed by atoms with Crippen molar-refractivity contribution < 1.29 is 23.1 Å². The van der Waals surface area contributed by atoms with Gasteiger partial charge in [-0.25, -0.2) is 18.4 Å². The molecule has 1 aliphatic rings. The monoisotopic (exact) mass is 417 g/mol. The van der Waals surface area contributed by atoms with E-state index in [4.69, 9.17) is 0 Å². The zero-order valence-electron chi connectivity index (χ0n) is 17.1. The number of likely N-dealkylation sites (N-methyl/N-ethyl adjacent to an activating group) is 1. The molecule has 2 aromatic carbocycles. The molecule has 2 aromatic rings. The Morgan fingerprint density at radius 2 is 1.80 bits per heavy atom. The zero-order valence-corrected chi connectivity index (χ0v) is 17.1. The van der Waals surface area contributed by atoms with Gasteiger partial charge in [0, 0.05) is 37.4 Å². The first-order chi connectivity index (χ1) is 14.4. The number of carbonyl (C=O) groups is 2. The van der Waals surface area contributed by atoms with Crippen molar-refractivity contribution in [3.8, 4) is 0 Å². The van der Waals surface area contributed by atoms with E-state index < -0.39 is 17.6 Å². The summed E-state index contributed by atoms with van der Waals surface area (Å²) in [5.74, 6) is -1.77. The molecule has 0 bridgehead atoms. The van der Waals surface area contributed by atoms with E-state index in [2.05, 4.69) is 16.6 Å². The fraction of sp³-hybridized carbons (Fsp3) is 0.364. The van der Waals surface area contributed by atoms with Crippen molar-refractivity contribution >= 4 is 17.7 Å². The summed E-state index contributed by atoms with van der Waals surface area (Å²) in [7, 11) is 1.22. The van der Waals surface area contributed by atoms with Gasteiger partial charge in [-0.05, 0) is 36.9 Å². The van der Waals surface area contributed by atoms with Crippen LogP contribution in [0.5, 0.6) is 0 Å². The van der Waals surface area contributed by atoms with Crippen LogP contribution >= 0.6 is 0 Å². The van der Waals surface area contributed by atoms with Crippen LogP contribution in [0.25, 0.3) is 0 Å². The van der Waals surface area contributed by atoms with Crippen LogP contribution in [0, 0.1) is 11.6 Å². The van der Waals surface area contributed by atoms with Gasteiger partial charge in [0.1, 0.15) is 11.6 Å². The molecular formula is C22H25F2N3O3. The fourth-order valence-electron chi connectivity index (χ4n) is 3.43. The van der Waals surface area contributed by atoms with Crippen LogP contribution in [0.2, 0.25) is 0 Å². The van der Waals surface area contributed by atoms with Gasteiger partial charge in [-0.1, -0.05) is 19.1 Å². The van der Waals surface area contributed by atoms with E-state index in [0.29, 0.717) is 18.8 Å². The standard InChI is InChI=1S/C22H25F2N3O3/c1-3-25-9-11-26(12-10-25)22(29)27(19-6-4-5-18(23)14-19)15-17-8-7-16(13-20(17)24)21(28)30-2/h4-8,13-14H,3,9-12,15H2,1-2H3. The molecule has 0 unspecified atom stereocenters. The second kappa shape index (κ2) is 9.67. The van der Waals surface area contributed by atoms with Gasteiger partial charge in [0.25, 0.3) is 0 Å². The van der Waals surface area contributed by atoms with Crippen LogP contribution in [0.4, 0.5) is 19.3 Å². The molecule has 160 valence electrons. The topological polar surface area (TPSA) is 53.1 Å². The van der Waals surface area contributed by atoms with E-state index in [-0.39, 0.29) is 23.7 Å². The Morgan fingerprint density at radius 1 is 1.07 bits per heavy atom. The van der Waals surface area contributed by atoms with Crippen molar-refractivity contribution in [1.82, 2.24) is 9.80 Å². The number of piperazine rings is 1. The number of nitrogens with zero attached hydrogens (tertiary/aromatic N) is 3. The van der Waals surface area contributed by atoms with Gasteiger partial charge in [0.05, 0.1) is 19.2 Å². The predicted molar refractivity (Wildman–Crippen MR) is 109 cm³/mol. The third-order valence-electron chi connectivity index (χ3n) is 5.24. The van der Waals surface area contributed by atoms with Crippen molar-refractivity contribution in [2.24, 2.45) is 0 Å². The summed E-state index contributed by atoms with van der Waals surface area (Å²) in [4.78, 5) is 30.2. The highest BCUT2D eigenvalue weighted by Crippen LogP contribution is 2.23. The zero-order chi connectivity index (χ0) is 21.7. The molecule has 0 aromatic heterocycles.